The molecule has 0 radical (unpaired) electrons. The number of carbonyl (C=O) groups is 3. The van der Waals surface area contributed by atoms with Gasteiger partial charge < -0.3 is 20.3 Å². The fourth-order valence-electron chi connectivity index (χ4n) is 2.69. The third-order valence-corrected chi connectivity index (χ3v) is 5.14. The van der Waals surface area contributed by atoms with Gasteiger partial charge in [0.1, 0.15) is 11.8 Å². The maximum atomic E-state index is 12.9. The number of carbonyl (C=O) groups excluding carboxylic acids is 3. The van der Waals surface area contributed by atoms with E-state index in [1.54, 1.807) is 48.2 Å². The van der Waals surface area contributed by atoms with E-state index < -0.39 is 11.9 Å². The van der Waals surface area contributed by atoms with E-state index in [-0.39, 0.29) is 25.0 Å². The van der Waals surface area contributed by atoms with Gasteiger partial charge in [-0.15, -0.1) is 0 Å². The highest BCUT2D eigenvalue weighted by Crippen LogP contribution is 2.13. The normalized spacial score (nSPS) is 11.3. The number of rotatable bonds is 11. The van der Waals surface area contributed by atoms with E-state index in [1.807, 2.05) is 24.5 Å². The first-order chi connectivity index (χ1) is 14.9. The number of ether oxygens (including phenoxy) is 1. The zero-order chi connectivity index (χ0) is 22.6. The van der Waals surface area contributed by atoms with Crippen molar-refractivity contribution in [2.45, 2.75) is 12.5 Å². The smallest absolute Gasteiger partial charge is 0.258 e. The minimum Gasteiger partial charge on any atom is -0.484 e. The quantitative estimate of drug-likeness (QED) is 0.534. The monoisotopic (exact) mass is 463 g/mol. The minimum atomic E-state index is -0.743. The highest BCUT2D eigenvalue weighted by molar-refractivity contribution is 7.98. The van der Waals surface area contributed by atoms with Gasteiger partial charge in [-0.2, -0.15) is 11.8 Å². The van der Waals surface area contributed by atoms with Crippen LogP contribution in [0.15, 0.2) is 54.6 Å². The molecule has 0 aliphatic rings. The summed E-state index contributed by atoms with van der Waals surface area (Å²) < 4.78 is 5.44. The predicted octanol–water partition coefficient (Wildman–Crippen LogP) is 3.05. The standard InChI is InChI=1S/C22H26ClN3O4S/c1-26(14-20(27)24-17-10-8-16(23)9-11-17)22(29)19(12-13-31-2)25-21(28)15-30-18-6-4-3-5-7-18/h3-11,19H,12-15H2,1-2H3,(H,24,27)(H,25,28)/t19-/m1/s1. The van der Waals surface area contributed by atoms with E-state index in [9.17, 15) is 14.4 Å². The molecule has 0 aliphatic heterocycles. The van der Waals surface area contributed by atoms with Crippen LogP contribution in [-0.4, -0.2) is 60.9 Å². The van der Waals surface area contributed by atoms with Crippen molar-refractivity contribution in [2.75, 3.05) is 37.5 Å². The maximum Gasteiger partial charge on any atom is 0.258 e. The summed E-state index contributed by atoms with van der Waals surface area (Å²) in [6.07, 6.45) is 2.37. The Morgan fingerprint density at radius 3 is 2.39 bits per heavy atom. The van der Waals surface area contributed by atoms with Crippen molar-refractivity contribution in [3.8, 4) is 5.75 Å². The lowest BCUT2D eigenvalue weighted by Gasteiger charge is -2.24. The molecule has 2 aromatic rings. The lowest BCUT2D eigenvalue weighted by Crippen LogP contribution is -2.50. The van der Waals surface area contributed by atoms with Gasteiger partial charge in [0.2, 0.25) is 11.8 Å². The molecule has 0 heterocycles. The van der Waals surface area contributed by atoms with Gasteiger partial charge in [-0.1, -0.05) is 29.8 Å². The molecule has 0 bridgehead atoms. The van der Waals surface area contributed by atoms with Crippen molar-refractivity contribution >= 4 is 46.8 Å². The topological polar surface area (TPSA) is 87.7 Å². The molecule has 1 atom stereocenters. The second kappa shape index (κ2) is 12.9. The Hall–Kier alpha value is -2.71. The van der Waals surface area contributed by atoms with E-state index >= 15 is 0 Å². The van der Waals surface area contributed by atoms with Gasteiger partial charge in [-0.3, -0.25) is 14.4 Å². The fraction of sp³-hybridized carbons (Fsp3) is 0.318. The molecule has 9 heteroatoms. The molecular weight excluding hydrogens is 438 g/mol. The van der Waals surface area contributed by atoms with E-state index in [0.717, 1.165) is 0 Å². The van der Waals surface area contributed by atoms with Crippen molar-refractivity contribution in [2.24, 2.45) is 0 Å². The van der Waals surface area contributed by atoms with Crippen molar-refractivity contribution in [3.05, 3.63) is 59.6 Å². The van der Waals surface area contributed by atoms with Crippen LogP contribution >= 0.6 is 23.4 Å². The Labute approximate surface area is 191 Å². The van der Waals surface area contributed by atoms with Crippen LogP contribution in [0.25, 0.3) is 0 Å². The Balaban J connectivity index is 1.89. The summed E-state index contributed by atoms with van der Waals surface area (Å²) in [6, 6.07) is 14.9. The summed E-state index contributed by atoms with van der Waals surface area (Å²) in [5.74, 6) is 0.165. The van der Waals surface area contributed by atoms with Crippen molar-refractivity contribution in [1.29, 1.82) is 0 Å². The largest absolute Gasteiger partial charge is 0.484 e. The predicted molar refractivity (Wildman–Crippen MR) is 125 cm³/mol. The molecule has 0 saturated carbocycles. The second-order valence-electron chi connectivity index (χ2n) is 6.75. The van der Waals surface area contributed by atoms with Gasteiger partial charge >= 0.3 is 0 Å². The average Bonchev–Trinajstić information content (AvgIpc) is 2.77. The van der Waals surface area contributed by atoms with Crippen LogP contribution in [-0.2, 0) is 14.4 Å². The van der Waals surface area contributed by atoms with Gasteiger partial charge in [0.15, 0.2) is 6.61 Å². The third kappa shape index (κ3) is 8.90. The molecule has 0 aromatic heterocycles. The first-order valence-electron chi connectivity index (χ1n) is 9.65. The number of halogens is 1. The Morgan fingerprint density at radius 1 is 1.06 bits per heavy atom. The summed E-state index contributed by atoms with van der Waals surface area (Å²) in [4.78, 5) is 38.7. The molecule has 0 saturated heterocycles. The SMILES string of the molecule is CSCC[C@@H](NC(=O)COc1ccccc1)C(=O)N(C)CC(=O)Nc1ccc(Cl)cc1. The lowest BCUT2D eigenvalue weighted by molar-refractivity contribution is -0.137. The van der Waals surface area contributed by atoms with Gasteiger partial charge in [0.25, 0.3) is 5.91 Å². The summed E-state index contributed by atoms with van der Waals surface area (Å²) in [6.45, 7) is -0.346. The molecule has 166 valence electrons. The van der Waals surface area contributed by atoms with Crippen molar-refractivity contribution in [1.82, 2.24) is 10.2 Å². The zero-order valence-corrected chi connectivity index (χ0v) is 19.0. The Morgan fingerprint density at radius 2 is 1.74 bits per heavy atom. The average molecular weight is 464 g/mol. The molecule has 0 fully saturated rings. The second-order valence-corrected chi connectivity index (χ2v) is 8.17. The number of anilines is 1. The highest BCUT2D eigenvalue weighted by atomic mass is 35.5. The molecule has 0 unspecified atom stereocenters. The number of nitrogens with zero attached hydrogens (tertiary/aromatic N) is 1. The number of benzene rings is 2. The Kier molecular flexibility index (Phi) is 10.2. The van der Waals surface area contributed by atoms with E-state index in [4.69, 9.17) is 16.3 Å². The van der Waals surface area contributed by atoms with Crippen LogP contribution in [0.3, 0.4) is 0 Å². The van der Waals surface area contributed by atoms with Gasteiger partial charge in [-0.05, 0) is 54.8 Å². The molecule has 2 aromatic carbocycles. The number of hydrogen-bond donors (Lipinski definition) is 2. The van der Waals surface area contributed by atoms with Crippen LogP contribution < -0.4 is 15.4 Å². The third-order valence-electron chi connectivity index (χ3n) is 4.24. The van der Waals surface area contributed by atoms with Gasteiger partial charge in [0.05, 0.1) is 6.54 Å². The fourth-order valence-corrected chi connectivity index (χ4v) is 3.29. The van der Waals surface area contributed by atoms with Crippen LogP contribution in [0.1, 0.15) is 6.42 Å². The molecule has 7 nitrogen and oxygen atoms in total. The van der Waals surface area contributed by atoms with Gasteiger partial charge in [-0.25, -0.2) is 0 Å². The molecule has 31 heavy (non-hydrogen) atoms. The van der Waals surface area contributed by atoms with Crippen LogP contribution in [0.2, 0.25) is 5.02 Å². The first kappa shape index (κ1) is 24.6. The Bertz CT molecular complexity index is 865. The van der Waals surface area contributed by atoms with Crippen LogP contribution in [0.4, 0.5) is 5.69 Å². The van der Waals surface area contributed by atoms with E-state index in [2.05, 4.69) is 10.6 Å². The summed E-state index contributed by atoms with van der Waals surface area (Å²) in [5.41, 5.74) is 0.584. The van der Waals surface area contributed by atoms with Crippen molar-refractivity contribution in [3.63, 3.8) is 0 Å². The zero-order valence-electron chi connectivity index (χ0n) is 17.5. The van der Waals surface area contributed by atoms with E-state index in [0.29, 0.717) is 28.6 Å². The minimum absolute atomic E-state index is 0.145. The van der Waals surface area contributed by atoms with Gasteiger partial charge in [0, 0.05) is 17.8 Å². The molecule has 2 rings (SSSR count). The number of amides is 3. The maximum absolute atomic E-state index is 12.9. The van der Waals surface area contributed by atoms with Crippen molar-refractivity contribution < 1.29 is 19.1 Å². The van der Waals surface area contributed by atoms with Crippen LogP contribution in [0, 0.1) is 0 Å². The first-order valence-corrected chi connectivity index (χ1v) is 11.4. The molecular formula is C22H26ClN3O4S. The summed E-state index contributed by atoms with van der Waals surface area (Å²) in [5, 5.41) is 5.99. The van der Waals surface area contributed by atoms with E-state index in [1.165, 1.54) is 11.9 Å². The highest BCUT2D eigenvalue weighted by Gasteiger charge is 2.25. The number of thioether (sulfide) groups is 1. The lowest BCUT2D eigenvalue weighted by atomic mass is 10.2. The summed E-state index contributed by atoms with van der Waals surface area (Å²) in [7, 11) is 1.53. The number of likely N-dealkylation sites (N-methyl/N-ethyl adjacent to an activating group) is 1. The summed E-state index contributed by atoms with van der Waals surface area (Å²) >= 11 is 7.41. The molecule has 3 amide bonds. The number of hydrogen-bond acceptors (Lipinski definition) is 5. The molecule has 2 N–H and O–H groups in total. The molecule has 0 spiro atoms. The van der Waals surface area contributed by atoms with Crippen LogP contribution in [0.5, 0.6) is 5.75 Å². The number of nitrogens with one attached hydrogen (secondary N) is 2. The molecule has 0 aliphatic carbocycles. The number of para-hydroxylation sites is 1.